The Morgan fingerprint density at radius 1 is 1.00 bits per heavy atom. The van der Waals surface area contributed by atoms with E-state index in [0.29, 0.717) is 13.0 Å². The molecule has 2 amide bonds. The van der Waals surface area contributed by atoms with Crippen LogP contribution >= 0.6 is 11.8 Å². The quantitative estimate of drug-likeness (QED) is 0.505. The van der Waals surface area contributed by atoms with Crippen LogP contribution in [0.4, 0.5) is 5.69 Å². The Labute approximate surface area is 164 Å². The van der Waals surface area contributed by atoms with Crippen LogP contribution < -0.4 is 10.6 Å². The predicted octanol–water partition coefficient (Wildman–Crippen LogP) is 3.88. The molecule has 7 heteroatoms. The van der Waals surface area contributed by atoms with Crippen LogP contribution in [0.5, 0.6) is 0 Å². The third-order valence-corrected chi connectivity index (χ3v) is 4.64. The van der Waals surface area contributed by atoms with Crippen molar-refractivity contribution in [3.63, 3.8) is 0 Å². The van der Waals surface area contributed by atoms with E-state index >= 15 is 0 Å². The van der Waals surface area contributed by atoms with E-state index in [0.717, 1.165) is 46.4 Å². The molecule has 0 atom stereocenters. The van der Waals surface area contributed by atoms with Gasteiger partial charge in [0.15, 0.2) is 5.16 Å². The summed E-state index contributed by atoms with van der Waals surface area (Å²) < 4.78 is 0. The van der Waals surface area contributed by atoms with Gasteiger partial charge < -0.3 is 10.6 Å². The highest BCUT2D eigenvalue weighted by molar-refractivity contribution is 7.99. The molecular weight excluding hydrogens is 360 g/mol. The fraction of sp³-hybridized carbons (Fsp3) is 0.400. The lowest BCUT2D eigenvalue weighted by Gasteiger charge is -2.07. The first kappa shape index (κ1) is 20.9. The first-order chi connectivity index (χ1) is 12.9. The van der Waals surface area contributed by atoms with E-state index in [9.17, 15) is 9.59 Å². The van der Waals surface area contributed by atoms with Crippen molar-refractivity contribution in [2.75, 3.05) is 11.9 Å². The number of aryl methyl sites for hydroxylation is 2. The van der Waals surface area contributed by atoms with Crippen LogP contribution in [-0.2, 0) is 9.59 Å². The van der Waals surface area contributed by atoms with Crippen LogP contribution in [0, 0.1) is 13.8 Å². The monoisotopic (exact) mass is 386 g/mol. The summed E-state index contributed by atoms with van der Waals surface area (Å²) in [5.41, 5.74) is 2.68. The molecule has 0 radical (unpaired) electrons. The summed E-state index contributed by atoms with van der Waals surface area (Å²) in [6, 6.07) is 9.63. The smallest absolute Gasteiger partial charge is 0.224 e. The van der Waals surface area contributed by atoms with Crippen LogP contribution in [0.25, 0.3) is 0 Å². The second-order valence-electron chi connectivity index (χ2n) is 6.40. The largest absolute Gasteiger partial charge is 0.356 e. The molecule has 1 aromatic heterocycles. The van der Waals surface area contributed by atoms with Gasteiger partial charge in [0, 0.05) is 41.9 Å². The number of amides is 2. The van der Waals surface area contributed by atoms with Crippen LogP contribution in [0.1, 0.15) is 44.0 Å². The summed E-state index contributed by atoms with van der Waals surface area (Å²) in [6.07, 6.45) is 3.09. The second kappa shape index (κ2) is 10.7. The Bertz CT molecular complexity index is 758. The highest BCUT2D eigenvalue weighted by Gasteiger charge is 2.05. The van der Waals surface area contributed by atoms with Gasteiger partial charge >= 0.3 is 0 Å². The van der Waals surface area contributed by atoms with E-state index in [1.54, 1.807) is 0 Å². The molecule has 0 saturated carbocycles. The minimum Gasteiger partial charge on any atom is -0.356 e. The number of aromatic nitrogens is 2. The average molecular weight is 387 g/mol. The van der Waals surface area contributed by atoms with Crippen LogP contribution in [0.3, 0.4) is 0 Å². The number of nitrogens with zero attached hydrogens (tertiary/aromatic N) is 2. The number of benzene rings is 1. The molecule has 0 aliphatic carbocycles. The third-order valence-electron chi connectivity index (χ3n) is 3.76. The van der Waals surface area contributed by atoms with Crippen molar-refractivity contribution >= 4 is 29.3 Å². The molecule has 0 bridgehead atoms. The molecule has 2 rings (SSSR count). The normalized spacial score (nSPS) is 10.5. The zero-order chi connectivity index (χ0) is 19.6. The molecule has 1 heterocycles. The Kier molecular flexibility index (Phi) is 8.26. The molecule has 6 nitrogen and oxygen atoms in total. The van der Waals surface area contributed by atoms with E-state index < -0.39 is 0 Å². The number of hydrogen-bond acceptors (Lipinski definition) is 5. The van der Waals surface area contributed by atoms with Crippen molar-refractivity contribution in [1.82, 2.24) is 15.3 Å². The first-order valence-corrected chi connectivity index (χ1v) is 9.88. The zero-order valence-corrected chi connectivity index (χ0v) is 16.9. The molecule has 27 heavy (non-hydrogen) atoms. The van der Waals surface area contributed by atoms with Gasteiger partial charge in [0.2, 0.25) is 11.8 Å². The van der Waals surface area contributed by atoms with Gasteiger partial charge in [-0.15, -0.1) is 0 Å². The van der Waals surface area contributed by atoms with Crippen LogP contribution in [0.2, 0.25) is 0 Å². The van der Waals surface area contributed by atoms with Gasteiger partial charge in [-0.2, -0.15) is 0 Å². The van der Waals surface area contributed by atoms with E-state index in [1.165, 1.54) is 18.7 Å². The Hall–Kier alpha value is -2.41. The number of hydrogen-bond donors (Lipinski definition) is 2. The maximum Gasteiger partial charge on any atom is 0.224 e. The fourth-order valence-electron chi connectivity index (χ4n) is 2.53. The Balaban J connectivity index is 1.74. The highest BCUT2D eigenvalue weighted by atomic mass is 32.2. The van der Waals surface area contributed by atoms with Crippen molar-refractivity contribution in [2.24, 2.45) is 0 Å². The van der Waals surface area contributed by atoms with Gasteiger partial charge in [-0.25, -0.2) is 9.97 Å². The molecule has 1 aromatic carbocycles. The minimum absolute atomic E-state index is 0.00701. The zero-order valence-electron chi connectivity index (χ0n) is 16.0. The maximum atomic E-state index is 12.0. The molecule has 0 saturated heterocycles. The number of unbranched alkanes of at least 4 members (excludes halogenated alkanes) is 2. The standard InChI is InChI=1S/C20H26N4O2S/c1-14-13-15(2)23-20(22-14)27-18-10-8-17(9-11-18)24-19(26)7-5-4-6-12-21-16(3)25/h8-11,13H,4-7,12H2,1-3H3,(H,21,25)(H,24,26). The Morgan fingerprint density at radius 2 is 1.67 bits per heavy atom. The fourth-order valence-corrected chi connectivity index (χ4v) is 3.39. The number of anilines is 1. The van der Waals surface area contributed by atoms with E-state index in [4.69, 9.17) is 0 Å². The van der Waals surface area contributed by atoms with Crippen molar-refractivity contribution in [3.8, 4) is 0 Å². The lowest BCUT2D eigenvalue weighted by Crippen LogP contribution is -2.20. The summed E-state index contributed by atoms with van der Waals surface area (Å²) >= 11 is 1.50. The average Bonchev–Trinajstić information content (AvgIpc) is 2.58. The van der Waals surface area contributed by atoms with Gasteiger partial charge in [-0.1, -0.05) is 6.42 Å². The highest BCUT2D eigenvalue weighted by Crippen LogP contribution is 2.26. The van der Waals surface area contributed by atoms with Crippen molar-refractivity contribution in [3.05, 3.63) is 41.7 Å². The molecule has 144 valence electrons. The second-order valence-corrected chi connectivity index (χ2v) is 7.44. The van der Waals surface area contributed by atoms with Gasteiger partial charge in [-0.05, 0) is 68.8 Å². The molecule has 0 fully saturated rings. The van der Waals surface area contributed by atoms with Crippen molar-refractivity contribution in [2.45, 2.75) is 56.5 Å². The number of carbonyl (C=O) groups excluding carboxylic acids is 2. The van der Waals surface area contributed by atoms with Gasteiger partial charge in [0.25, 0.3) is 0 Å². The van der Waals surface area contributed by atoms with Crippen molar-refractivity contribution in [1.29, 1.82) is 0 Å². The van der Waals surface area contributed by atoms with E-state index in [-0.39, 0.29) is 11.8 Å². The number of rotatable bonds is 9. The SMILES string of the molecule is CC(=O)NCCCCCC(=O)Nc1ccc(Sc2nc(C)cc(C)n2)cc1. The van der Waals surface area contributed by atoms with Gasteiger partial charge in [0.1, 0.15) is 0 Å². The molecule has 0 unspecified atom stereocenters. The lowest BCUT2D eigenvalue weighted by atomic mass is 10.2. The third kappa shape index (κ3) is 8.21. The van der Waals surface area contributed by atoms with Crippen LogP contribution in [-0.4, -0.2) is 28.3 Å². The van der Waals surface area contributed by atoms with Crippen molar-refractivity contribution < 1.29 is 9.59 Å². The summed E-state index contributed by atoms with van der Waals surface area (Å²) in [7, 11) is 0. The number of carbonyl (C=O) groups is 2. The molecule has 0 aliphatic heterocycles. The topological polar surface area (TPSA) is 84.0 Å². The summed E-state index contributed by atoms with van der Waals surface area (Å²) in [5.74, 6) is -0.00831. The summed E-state index contributed by atoms with van der Waals surface area (Å²) in [4.78, 5) is 32.6. The maximum absolute atomic E-state index is 12.0. The Morgan fingerprint density at radius 3 is 2.30 bits per heavy atom. The number of nitrogens with one attached hydrogen (secondary N) is 2. The van der Waals surface area contributed by atoms with Gasteiger partial charge in [0.05, 0.1) is 0 Å². The predicted molar refractivity (Wildman–Crippen MR) is 108 cm³/mol. The van der Waals surface area contributed by atoms with E-state index in [1.807, 2.05) is 44.2 Å². The summed E-state index contributed by atoms with van der Waals surface area (Å²) in [5, 5.41) is 6.39. The van der Waals surface area contributed by atoms with Gasteiger partial charge in [-0.3, -0.25) is 9.59 Å². The van der Waals surface area contributed by atoms with E-state index in [2.05, 4.69) is 20.6 Å². The summed E-state index contributed by atoms with van der Waals surface area (Å²) in [6.45, 7) is 6.08. The molecule has 2 N–H and O–H groups in total. The molecule has 2 aromatic rings. The minimum atomic E-state index is -0.0153. The molecule has 0 aliphatic rings. The molecule has 0 spiro atoms. The van der Waals surface area contributed by atoms with Crippen LogP contribution in [0.15, 0.2) is 40.4 Å². The first-order valence-electron chi connectivity index (χ1n) is 9.07. The molecular formula is C20H26N4O2S. The lowest BCUT2D eigenvalue weighted by molar-refractivity contribution is -0.119.